The molecule has 0 unspecified atom stereocenters. The molecule has 0 saturated carbocycles. The lowest BCUT2D eigenvalue weighted by Crippen LogP contribution is -1.98. The van der Waals surface area contributed by atoms with Gasteiger partial charge in [0.25, 0.3) is 0 Å². The summed E-state index contributed by atoms with van der Waals surface area (Å²) >= 11 is 0. The molecule has 29 heavy (non-hydrogen) atoms. The number of nitrogens with zero attached hydrogens (tertiary/aromatic N) is 2. The summed E-state index contributed by atoms with van der Waals surface area (Å²) in [6.07, 6.45) is 2.27. The molecule has 146 valence electrons. The third-order valence-corrected chi connectivity index (χ3v) is 4.94. The van der Waals surface area contributed by atoms with Crippen LogP contribution in [0.3, 0.4) is 0 Å². The van der Waals surface area contributed by atoms with Crippen LogP contribution in [0, 0.1) is 0 Å². The highest BCUT2D eigenvalue weighted by atomic mass is 16.5. The van der Waals surface area contributed by atoms with E-state index in [-0.39, 0.29) is 0 Å². The molecule has 5 heteroatoms. The van der Waals surface area contributed by atoms with Crippen LogP contribution in [0.5, 0.6) is 17.2 Å². The Balaban J connectivity index is 1.74. The van der Waals surface area contributed by atoms with Crippen molar-refractivity contribution in [2.24, 2.45) is 0 Å². The maximum atomic E-state index is 5.52. The second-order valence-electron chi connectivity index (χ2n) is 6.62. The first-order valence-corrected chi connectivity index (χ1v) is 9.31. The molecule has 0 aliphatic rings. The summed E-state index contributed by atoms with van der Waals surface area (Å²) in [5.41, 5.74) is 5.10. The van der Waals surface area contributed by atoms with Gasteiger partial charge in [-0.25, -0.2) is 9.97 Å². The Bertz CT molecular complexity index is 1160. The second kappa shape index (κ2) is 8.19. The average Bonchev–Trinajstić information content (AvgIpc) is 2.78. The summed E-state index contributed by atoms with van der Waals surface area (Å²) in [7, 11) is 4.94. The number of aromatic nitrogens is 2. The highest BCUT2D eigenvalue weighted by molar-refractivity contribution is 5.85. The SMILES string of the molecule is COc1cc2ncnc(Cc3cccc(-c4ccccc4OC)c3)c2cc1OC. The molecule has 1 aromatic heterocycles. The molecule has 0 bridgehead atoms. The van der Waals surface area contributed by atoms with Crippen LogP contribution in [-0.2, 0) is 6.42 Å². The number of hydrogen-bond acceptors (Lipinski definition) is 5. The minimum absolute atomic E-state index is 0.655. The van der Waals surface area contributed by atoms with Crippen molar-refractivity contribution in [3.8, 4) is 28.4 Å². The number of ether oxygens (including phenoxy) is 3. The molecule has 0 aliphatic heterocycles. The Hall–Kier alpha value is -3.60. The molecule has 4 rings (SSSR count). The topological polar surface area (TPSA) is 53.5 Å². The summed E-state index contributed by atoms with van der Waals surface area (Å²) in [5.74, 6) is 2.18. The van der Waals surface area contributed by atoms with Crippen LogP contribution < -0.4 is 14.2 Å². The van der Waals surface area contributed by atoms with Gasteiger partial charge in [-0.3, -0.25) is 0 Å². The molecule has 1 heterocycles. The highest BCUT2D eigenvalue weighted by Gasteiger charge is 2.12. The first-order chi connectivity index (χ1) is 14.2. The normalized spacial score (nSPS) is 10.7. The van der Waals surface area contributed by atoms with Crippen molar-refractivity contribution in [2.75, 3.05) is 21.3 Å². The maximum absolute atomic E-state index is 5.52. The molecular formula is C24H22N2O3. The van der Waals surface area contributed by atoms with E-state index in [0.717, 1.165) is 39.0 Å². The van der Waals surface area contributed by atoms with Gasteiger partial charge in [0, 0.05) is 23.4 Å². The molecule has 0 atom stereocenters. The summed E-state index contributed by atoms with van der Waals surface area (Å²) in [5, 5.41) is 0.952. The molecular weight excluding hydrogens is 364 g/mol. The predicted octanol–water partition coefficient (Wildman–Crippen LogP) is 4.91. The van der Waals surface area contributed by atoms with Gasteiger partial charge >= 0.3 is 0 Å². The number of para-hydroxylation sites is 1. The van der Waals surface area contributed by atoms with Gasteiger partial charge in [-0.2, -0.15) is 0 Å². The summed E-state index contributed by atoms with van der Waals surface area (Å²) < 4.78 is 16.4. The zero-order valence-electron chi connectivity index (χ0n) is 16.7. The van der Waals surface area contributed by atoms with Crippen LogP contribution in [0.2, 0.25) is 0 Å². The number of methoxy groups -OCH3 is 3. The fourth-order valence-electron chi connectivity index (χ4n) is 3.50. The average molecular weight is 386 g/mol. The van der Waals surface area contributed by atoms with Gasteiger partial charge in [0.2, 0.25) is 0 Å². The summed E-state index contributed by atoms with van der Waals surface area (Å²) in [6, 6.07) is 20.3. The Labute approximate surface area is 169 Å². The van der Waals surface area contributed by atoms with Crippen molar-refractivity contribution in [2.45, 2.75) is 6.42 Å². The largest absolute Gasteiger partial charge is 0.496 e. The summed E-state index contributed by atoms with van der Waals surface area (Å²) in [6.45, 7) is 0. The van der Waals surface area contributed by atoms with E-state index in [1.807, 2.05) is 30.3 Å². The first kappa shape index (κ1) is 18.7. The van der Waals surface area contributed by atoms with E-state index in [1.165, 1.54) is 0 Å². The fraction of sp³-hybridized carbons (Fsp3) is 0.167. The van der Waals surface area contributed by atoms with E-state index in [4.69, 9.17) is 14.2 Å². The Morgan fingerprint density at radius 1 is 0.724 bits per heavy atom. The van der Waals surface area contributed by atoms with Crippen molar-refractivity contribution in [3.63, 3.8) is 0 Å². The molecule has 0 aliphatic carbocycles. The minimum atomic E-state index is 0.655. The molecule has 0 saturated heterocycles. The molecule has 0 N–H and O–H groups in total. The van der Waals surface area contributed by atoms with Crippen molar-refractivity contribution in [3.05, 3.63) is 78.2 Å². The molecule has 5 nitrogen and oxygen atoms in total. The van der Waals surface area contributed by atoms with E-state index in [0.29, 0.717) is 17.9 Å². The predicted molar refractivity (Wildman–Crippen MR) is 114 cm³/mol. The Morgan fingerprint density at radius 2 is 1.48 bits per heavy atom. The van der Waals surface area contributed by atoms with Gasteiger partial charge < -0.3 is 14.2 Å². The number of fused-ring (bicyclic) bond motifs is 1. The van der Waals surface area contributed by atoms with Crippen LogP contribution in [0.1, 0.15) is 11.3 Å². The van der Waals surface area contributed by atoms with E-state index in [9.17, 15) is 0 Å². The zero-order chi connectivity index (χ0) is 20.2. The highest BCUT2D eigenvalue weighted by Crippen LogP contribution is 2.34. The molecule has 0 spiro atoms. The molecule has 0 amide bonds. The lowest BCUT2D eigenvalue weighted by Gasteiger charge is -2.12. The van der Waals surface area contributed by atoms with E-state index in [1.54, 1.807) is 27.7 Å². The number of hydrogen-bond donors (Lipinski definition) is 0. The monoisotopic (exact) mass is 386 g/mol. The number of benzene rings is 3. The quantitative estimate of drug-likeness (QED) is 0.471. The second-order valence-corrected chi connectivity index (χ2v) is 6.62. The molecule has 3 aromatic carbocycles. The molecule has 4 aromatic rings. The fourth-order valence-corrected chi connectivity index (χ4v) is 3.50. The lowest BCUT2D eigenvalue weighted by atomic mass is 9.99. The number of rotatable bonds is 6. The van der Waals surface area contributed by atoms with Gasteiger partial charge in [-0.15, -0.1) is 0 Å². The van der Waals surface area contributed by atoms with Gasteiger partial charge in [0.05, 0.1) is 32.5 Å². The first-order valence-electron chi connectivity index (χ1n) is 9.31. The van der Waals surface area contributed by atoms with Gasteiger partial charge in [0.1, 0.15) is 12.1 Å². The van der Waals surface area contributed by atoms with E-state index < -0.39 is 0 Å². The smallest absolute Gasteiger partial charge is 0.162 e. The van der Waals surface area contributed by atoms with Crippen LogP contribution in [0.25, 0.3) is 22.0 Å². The van der Waals surface area contributed by atoms with Crippen LogP contribution >= 0.6 is 0 Å². The van der Waals surface area contributed by atoms with E-state index >= 15 is 0 Å². The zero-order valence-corrected chi connectivity index (χ0v) is 16.7. The van der Waals surface area contributed by atoms with Crippen molar-refractivity contribution >= 4 is 10.9 Å². The van der Waals surface area contributed by atoms with Gasteiger partial charge in [-0.05, 0) is 23.3 Å². The molecule has 0 fully saturated rings. The van der Waals surface area contributed by atoms with Crippen molar-refractivity contribution < 1.29 is 14.2 Å². The van der Waals surface area contributed by atoms with Crippen LogP contribution in [0.15, 0.2) is 67.0 Å². The van der Waals surface area contributed by atoms with Crippen molar-refractivity contribution in [1.29, 1.82) is 0 Å². The third kappa shape index (κ3) is 3.72. The minimum Gasteiger partial charge on any atom is -0.496 e. The van der Waals surface area contributed by atoms with Crippen molar-refractivity contribution in [1.82, 2.24) is 9.97 Å². The summed E-state index contributed by atoms with van der Waals surface area (Å²) in [4.78, 5) is 8.93. The Kier molecular flexibility index (Phi) is 5.29. The lowest BCUT2D eigenvalue weighted by molar-refractivity contribution is 0.355. The van der Waals surface area contributed by atoms with Crippen LogP contribution in [0.4, 0.5) is 0 Å². The van der Waals surface area contributed by atoms with Gasteiger partial charge in [0.15, 0.2) is 11.5 Å². The third-order valence-electron chi connectivity index (χ3n) is 4.94. The van der Waals surface area contributed by atoms with Gasteiger partial charge in [-0.1, -0.05) is 42.5 Å². The van der Waals surface area contributed by atoms with Crippen LogP contribution in [-0.4, -0.2) is 31.3 Å². The Morgan fingerprint density at radius 3 is 2.28 bits per heavy atom. The standard InChI is InChI=1S/C24H22N2O3/c1-27-22-10-5-4-9-18(22)17-8-6-7-16(11-17)12-20-19-13-23(28-2)24(29-3)14-21(19)26-15-25-20/h4-11,13-15H,12H2,1-3H3. The van der Waals surface area contributed by atoms with E-state index in [2.05, 4.69) is 40.3 Å². The molecule has 0 radical (unpaired) electrons. The maximum Gasteiger partial charge on any atom is 0.162 e.